The monoisotopic (exact) mass is 430 g/mol. The van der Waals surface area contributed by atoms with Gasteiger partial charge in [-0.3, -0.25) is 4.79 Å². The highest BCUT2D eigenvalue weighted by atomic mass is 127. The first kappa shape index (κ1) is 18.0. The fourth-order valence-electron chi connectivity index (χ4n) is 2.54. The first-order chi connectivity index (χ1) is 10.7. The molecule has 0 N–H and O–H groups in total. The van der Waals surface area contributed by atoms with Crippen LogP contribution in [-0.2, 0) is 4.74 Å². The second kappa shape index (κ2) is 7.07. The Hall–Kier alpha value is -1.31. The molecule has 1 fully saturated rings. The number of nitrogens with zero attached hydrogens (tertiary/aromatic N) is 2. The molecule has 0 radical (unpaired) electrons. The van der Waals surface area contributed by atoms with Gasteiger partial charge in [-0.15, -0.1) is 0 Å². The number of benzene rings is 1. The van der Waals surface area contributed by atoms with Crippen LogP contribution in [0.5, 0.6) is 0 Å². The Morgan fingerprint density at radius 1 is 1.22 bits per heavy atom. The predicted octanol–water partition coefficient (Wildman–Crippen LogP) is 3.47. The van der Waals surface area contributed by atoms with Crippen molar-refractivity contribution in [1.82, 2.24) is 4.90 Å². The summed E-state index contributed by atoms with van der Waals surface area (Å²) < 4.78 is 6.50. The summed E-state index contributed by atoms with van der Waals surface area (Å²) in [6, 6.07) is 3.82. The molecule has 0 aromatic heterocycles. The third-order valence-electron chi connectivity index (χ3n) is 3.75. The lowest BCUT2D eigenvalue weighted by atomic mass is 10.1. The predicted molar refractivity (Wildman–Crippen MR) is 99.3 cm³/mol. The number of carbonyl (C=O) groups excluding carboxylic acids is 2. The highest BCUT2D eigenvalue weighted by Gasteiger charge is 2.26. The van der Waals surface area contributed by atoms with Crippen molar-refractivity contribution in [1.29, 1.82) is 0 Å². The maximum absolute atomic E-state index is 12.1. The van der Waals surface area contributed by atoms with Crippen molar-refractivity contribution in [2.75, 3.05) is 31.1 Å². The van der Waals surface area contributed by atoms with Crippen molar-refractivity contribution < 1.29 is 14.3 Å². The quantitative estimate of drug-likeness (QED) is 0.533. The highest BCUT2D eigenvalue weighted by Crippen LogP contribution is 2.27. The summed E-state index contributed by atoms with van der Waals surface area (Å²) in [4.78, 5) is 27.2. The fraction of sp³-hybridized carbons (Fsp3) is 0.529. The van der Waals surface area contributed by atoms with Crippen molar-refractivity contribution >= 4 is 40.7 Å². The molecule has 2 rings (SSSR count). The minimum Gasteiger partial charge on any atom is -0.444 e. The second-order valence-electron chi connectivity index (χ2n) is 6.72. The maximum Gasteiger partial charge on any atom is 0.410 e. The van der Waals surface area contributed by atoms with Gasteiger partial charge in [0.2, 0.25) is 0 Å². The van der Waals surface area contributed by atoms with Crippen LogP contribution in [0.15, 0.2) is 12.1 Å². The van der Waals surface area contributed by atoms with Crippen molar-refractivity contribution in [3.05, 3.63) is 26.8 Å². The van der Waals surface area contributed by atoms with Gasteiger partial charge in [0.1, 0.15) is 11.9 Å². The van der Waals surface area contributed by atoms with E-state index in [-0.39, 0.29) is 6.09 Å². The molecule has 0 atom stereocenters. The fourth-order valence-corrected chi connectivity index (χ4v) is 3.17. The highest BCUT2D eigenvalue weighted by molar-refractivity contribution is 14.1. The molecule has 6 heteroatoms. The lowest BCUT2D eigenvalue weighted by Gasteiger charge is -2.37. The number of carbonyl (C=O) groups is 2. The van der Waals surface area contributed by atoms with Gasteiger partial charge in [0.05, 0.1) is 0 Å². The molecular formula is C17H23IN2O3. The van der Waals surface area contributed by atoms with E-state index < -0.39 is 5.60 Å². The summed E-state index contributed by atoms with van der Waals surface area (Å²) in [7, 11) is 0. The van der Waals surface area contributed by atoms with Crippen LogP contribution >= 0.6 is 22.6 Å². The summed E-state index contributed by atoms with van der Waals surface area (Å²) >= 11 is 2.25. The normalized spacial score (nSPS) is 15.5. The van der Waals surface area contributed by atoms with E-state index >= 15 is 0 Å². The Morgan fingerprint density at radius 2 is 1.83 bits per heavy atom. The van der Waals surface area contributed by atoms with Crippen molar-refractivity contribution in [2.45, 2.75) is 33.3 Å². The minimum atomic E-state index is -0.473. The van der Waals surface area contributed by atoms with E-state index in [9.17, 15) is 9.59 Å². The Kier molecular flexibility index (Phi) is 5.54. The number of piperazine rings is 1. The minimum absolute atomic E-state index is 0.259. The number of halogens is 1. The molecule has 1 aliphatic rings. The summed E-state index contributed by atoms with van der Waals surface area (Å²) in [5.74, 6) is 0. The molecular weight excluding hydrogens is 407 g/mol. The molecule has 1 saturated heterocycles. The first-order valence-electron chi connectivity index (χ1n) is 7.69. The smallest absolute Gasteiger partial charge is 0.410 e. The molecule has 0 aliphatic carbocycles. The van der Waals surface area contributed by atoms with Gasteiger partial charge >= 0.3 is 6.09 Å². The second-order valence-corrected chi connectivity index (χ2v) is 7.88. The number of rotatable bonds is 2. The van der Waals surface area contributed by atoms with Crippen LogP contribution in [0.2, 0.25) is 0 Å². The van der Waals surface area contributed by atoms with Gasteiger partial charge in [0, 0.05) is 41.0 Å². The van der Waals surface area contributed by atoms with Crippen LogP contribution in [0, 0.1) is 10.5 Å². The summed E-state index contributed by atoms with van der Waals surface area (Å²) in [6.07, 6.45) is 0.618. The number of hydrogen-bond donors (Lipinski definition) is 0. The molecule has 1 amide bonds. The molecule has 0 spiro atoms. The number of ether oxygens (including phenoxy) is 1. The maximum atomic E-state index is 12.1. The van der Waals surface area contributed by atoms with Crippen LogP contribution in [0.3, 0.4) is 0 Å². The molecule has 23 heavy (non-hydrogen) atoms. The van der Waals surface area contributed by atoms with E-state index in [1.54, 1.807) is 4.90 Å². The number of hydrogen-bond acceptors (Lipinski definition) is 4. The Balaban J connectivity index is 2.06. The van der Waals surface area contributed by atoms with Crippen LogP contribution in [-0.4, -0.2) is 49.1 Å². The number of amides is 1. The van der Waals surface area contributed by atoms with Crippen LogP contribution < -0.4 is 4.90 Å². The van der Waals surface area contributed by atoms with Crippen LogP contribution in [0.4, 0.5) is 10.5 Å². The summed E-state index contributed by atoms with van der Waals surface area (Å²) in [5, 5.41) is 0. The van der Waals surface area contributed by atoms with E-state index in [0.717, 1.165) is 28.6 Å². The van der Waals surface area contributed by atoms with E-state index in [1.807, 2.05) is 32.9 Å². The Labute approximate surface area is 151 Å². The zero-order chi connectivity index (χ0) is 17.2. The topological polar surface area (TPSA) is 49.9 Å². The molecule has 1 aliphatic heterocycles. The Bertz CT molecular complexity index is 603. The van der Waals surface area contributed by atoms with Gasteiger partial charge in [-0.1, -0.05) is 0 Å². The summed E-state index contributed by atoms with van der Waals surface area (Å²) in [6.45, 7) is 10.4. The van der Waals surface area contributed by atoms with E-state index in [0.29, 0.717) is 18.7 Å². The summed E-state index contributed by atoms with van der Waals surface area (Å²) in [5.41, 5.74) is 2.45. The molecule has 1 aromatic carbocycles. The van der Waals surface area contributed by atoms with Gasteiger partial charge < -0.3 is 14.5 Å². The molecule has 126 valence electrons. The largest absolute Gasteiger partial charge is 0.444 e. The number of aldehydes is 1. The molecule has 0 saturated carbocycles. The number of anilines is 1. The van der Waals surface area contributed by atoms with Crippen molar-refractivity contribution in [3.8, 4) is 0 Å². The lowest BCUT2D eigenvalue weighted by molar-refractivity contribution is 0.0240. The SMILES string of the molecule is Cc1c(I)cc(C=O)cc1N1CCN(C(=O)OC(C)(C)C)CC1. The average molecular weight is 430 g/mol. The van der Waals surface area contributed by atoms with E-state index in [2.05, 4.69) is 34.4 Å². The standard InChI is InChI=1S/C17H23IN2O3/c1-12-14(18)9-13(11-21)10-15(12)19-5-7-20(8-6-19)16(22)23-17(2,3)4/h9-11H,5-8H2,1-4H3. The van der Waals surface area contributed by atoms with Gasteiger partial charge in [-0.05, 0) is 68.0 Å². The zero-order valence-electron chi connectivity index (χ0n) is 14.1. The van der Waals surface area contributed by atoms with E-state index in [1.165, 1.54) is 5.56 Å². The van der Waals surface area contributed by atoms with Crippen molar-refractivity contribution in [2.24, 2.45) is 0 Å². The average Bonchev–Trinajstić information content (AvgIpc) is 2.48. The third-order valence-corrected chi connectivity index (χ3v) is 4.87. The zero-order valence-corrected chi connectivity index (χ0v) is 16.2. The van der Waals surface area contributed by atoms with Gasteiger partial charge in [0.15, 0.2) is 0 Å². The first-order valence-corrected chi connectivity index (χ1v) is 8.77. The van der Waals surface area contributed by atoms with Gasteiger partial charge in [-0.25, -0.2) is 4.79 Å². The molecule has 5 nitrogen and oxygen atoms in total. The molecule has 1 aromatic rings. The van der Waals surface area contributed by atoms with E-state index in [4.69, 9.17) is 4.74 Å². The van der Waals surface area contributed by atoms with Crippen molar-refractivity contribution in [3.63, 3.8) is 0 Å². The van der Waals surface area contributed by atoms with Crippen LogP contribution in [0.1, 0.15) is 36.7 Å². The molecule has 1 heterocycles. The van der Waals surface area contributed by atoms with Gasteiger partial charge in [-0.2, -0.15) is 0 Å². The molecule has 0 unspecified atom stereocenters. The third kappa shape index (κ3) is 4.59. The lowest BCUT2D eigenvalue weighted by Crippen LogP contribution is -2.50. The molecule has 0 bridgehead atoms. The van der Waals surface area contributed by atoms with Crippen LogP contribution in [0.25, 0.3) is 0 Å². The Morgan fingerprint density at radius 3 is 2.35 bits per heavy atom. The van der Waals surface area contributed by atoms with Gasteiger partial charge in [0.25, 0.3) is 0 Å².